The predicted octanol–water partition coefficient (Wildman–Crippen LogP) is 4.21. The van der Waals surface area contributed by atoms with Gasteiger partial charge in [-0.05, 0) is 31.2 Å². The number of hydrogen-bond donors (Lipinski definition) is 0. The fraction of sp³-hybridized carbons (Fsp3) is 0.222. The molecule has 0 saturated carbocycles. The third kappa shape index (κ3) is 4.44. The number of amides is 1. The molecule has 0 unspecified atom stereocenters. The van der Waals surface area contributed by atoms with E-state index in [2.05, 4.69) is 0 Å². The Morgan fingerprint density at radius 3 is 2.16 bits per heavy atom. The Hall–Kier alpha value is -2.24. The van der Waals surface area contributed by atoms with E-state index in [1.807, 2.05) is 18.2 Å². The minimum Gasteiger partial charge on any atom is -0.494 e. The van der Waals surface area contributed by atoms with Crippen LogP contribution < -0.4 is 9.64 Å². The van der Waals surface area contributed by atoms with Crippen LogP contribution in [0.1, 0.15) is 17.3 Å². The molecule has 0 saturated heterocycles. The van der Waals surface area contributed by atoms with Gasteiger partial charge in [-0.15, -0.1) is 0 Å². The average molecular weight is 382 g/mol. The number of ether oxygens (including phenoxy) is 2. The number of halogens is 2. The van der Waals surface area contributed by atoms with Gasteiger partial charge in [-0.1, -0.05) is 41.4 Å². The van der Waals surface area contributed by atoms with E-state index in [0.29, 0.717) is 5.69 Å². The van der Waals surface area contributed by atoms with Crippen LogP contribution in [0.4, 0.5) is 5.69 Å². The summed E-state index contributed by atoms with van der Waals surface area (Å²) >= 11 is 12.0. The van der Waals surface area contributed by atoms with Crippen LogP contribution in [0.5, 0.6) is 5.75 Å². The second kappa shape index (κ2) is 8.23. The summed E-state index contributed by atoms with van der Waals surface area (Å²) in [5, 5.41) is 0.365. The van der Waals surface area contributed by atoms with E-state index in [1.54, 1.807) is 19.2 Å². The summed E-state index contributed by atoms with van der Waals surface area (Å²) in [4.78, 5) is 26.1. The first kappa shape index (κ1) is 19.1. The highest BCUT2D eigenvalue weighted by molar-refractivity contribution is 6.37. The van der Waals surface area contributed by atoms with Crippen molar-refractivity contribution in [1.82, 2.24) is 0 Å². The van der Waals surface area contributed by atoms with E-state index in [9.17, 15) is 9.59 Å². The lowest BCUT2D eigenvalue weighted by Crippen LogP contribution is -2.37. The SMILES string of the molecule is COc1c(Cl)cc(C(=O)O[C@H](C)C(=O)N(C)c2ccccc2)cc1Cl. The maximum absolute atomic E-state index is 12.4. The molecule has 0 heterocycles. The maximum atomic E-state index is 12.4. The van der Waals surface area contributed by atoms with Crippen LogP contribution in [0.3, 0.4) is 0 Å². The Morgan fingerprint density at radius 2 is 1.64 bits per heavy atom. The first-order valence-electron chi connectivity index (χ1n) is 7.41. The van der Waals surface area contributed by atoms with Crippen molar-refractivity contribution in [2.24, 2.45) is 0 Å². The van der Waals surface area contributed by atoms with Gasteiger partial charge in [0.25, 0.3) is 5.91 Å². The molecule has 25 heavy (non-hydrogen) atoms. The monoisotopic (exact) mass is 381 g/mol. The number of hydrogen-bond acceptors (Lipinski definition) is 4. The summed E-state index contributed by atoms with van der Waals surface area (Å²) in [5.74, 6) is -0.785. The number of carbonyl (C=O) groups is 2. The van der Waals surface area contributed by atoms with Crippen LogP contribution in [-0.2, 0) is 9.53 Å². The number of nitrogens with zero attached hydrogens (tertiary/aromatic N) is 1. The summed E-state index contributed by atoms with van der Waals surface area (Å²) in [6.45, 7) is 1.51. The van der Waals surface area contributed by atoms with Crippen LogP contribution >= 0.6 is 23.2 Å². The van der Waals surface area contributed by atoms with Crippen molar-refractivity contribution in [2.45, 2.75) is 13.0 Å². The van der Waals surface area contributed by atoms with E-state index >= 15 is 0 Å². The zero-order valence-corrected chi connectivity index (χ0v) is 15.5. The average Bonchev–Trinajstić information content (AvgIpc) is 2.60. The molecule has 0 aliphatic carbocycles. The Morgan fingerprint density at radius 1 is 1.08 bits per heavy atom. The van der Waals surface area contributed by atoms with E-state index in [-0.39, 0.29) is 27.3 Å². The maximum Gasteiger partial charge on any atom is 0.339 e. The van der Waals surface area contributed by atoms with Gasteiger partial charge in [0.2, 0.25) is 0 Å². The lowest BCUT2D eigenvalue weighted by molar-refractivity contribution is -0.126. The molecule has 0 aliphatic rings. The number of esters is 1. The van der Waals surface area contributed by atoms with Gasteiger partial charge in [0.15, 0.2) is 11.9 Å². The molecule has 0 N–H and O–H groups in total. The molecule has 1 atom stereocenters. The standard InChI is InChI=1S/C18H17Cl2NO4/c1-11(17(22)21(2)13-7-5-4-6-8-13)25-18(23)12-9-14(19)16(24-3)15(20)10-12/h4-11H,1-3H3/t11-/m1/s1. The lowest BCUT2D eigenvalue weighted by atomic mass is 10.2. The Kier molecular flexibility index (Phi) is 6.28. The quantitative estimate of drug-likeness (QED) is 0.727. The summed E-state index contributed by atoms with van der Waals surface area (Å²) in [6.07, 6.45) is -0.975. The van der Waals surface area contributed by atoms with E-state index in [0.717, 1.165) is 0 Å². The summed E-state index contributed by atoms with van der Waals surface area (Å²) < 4.78 is 10.3. The van der Waals surface area contributed by atoms with Crippen molar-refractivity contribution in [3.05, 3.63) is 58.1 Å². The molecule has 2 rings (SSSR count). The summed E-state index contributed by atoms with van der Waals surface area (Å²) in [6, 6.07) is 11.8. The minimum atomic E-state index is -0.975. The molecule has 0 bridgehead atoms. The molecule has 5 nitrogen and oxygen atoms in total. The number of methoxy groups -OCH3 is 1. The van der Waals surface area contributed by atoms with Gasteiger partial charge in [-0.25, -0.2) is 4.79 Å². The van der Waals surface area contributed by atoms with Gasteiger partial charge in [-0.2, -0.15) is 0 Å². The third-order valence-corrected chi connectivity index (χ3v) is 4.11. The number of anilines is 1. The van der Waals surface area contributed by atoms with Crippen molar-refractivity contribution in [1.29, 1.82) is 0 Å². The zero-order valence-electron chi connectivity index (χ0n) is 14.0. The van der Waals surface area contributed by atoms with Gasteiger partial charge in [0, 0.05) is 12.7 Å². The molecular formula is C18H17Cl2NO4. The Bertz CT molecular complexity index is 757. The first-order valence-corrected chi connectivity index (χ1v) is 8.17. The van der Waals surface area contributed by atoms with Crippen molar-refractivity contribution in [2.75, 3.05) is 19.1 Å². The van der Waals surface area contributed by atoms with Crippen molar-refractivity contribution in [3.8, 4) is 5.75 Å². The Balaban J connectivity index is 2.11. The van der Waals surface area contributed by atoms with Crippen LogP contribution in [0, 0.1) is 0 Å². The second-order valence-electron chi connectivity index (χ2n) is 5.25. The van der Waals surface area contributed by atoms with E-state index in [4.69, 9.17) is 32.7 Å². The van der Waals surface area contributed by atoms with E-state index < -0.39 is 12.1 Å². The highest BCUT2D eigenvalue weighted by atomic mass is 35.5. The molecule has 0 fully saturated rings. The first-order chi connectivity index (χ1) is 11.8. The normalized spacial score (nSPS) is 11.6. The van der Waals surface area contributed by atoms with Crippen LogP contribution in [-0.4, -0.2) is 32.1 Å². The Labute approximate surface area is 156 Å². The van der Waals surface area contributed by atoms with Gasteiger partial charge >= 0.3 is 5.97 Å². The summed E-state index contributed by atoms with van der Waals surface area (Å²) in [7, 11) is 3.04. The fourth-order valence-corrected chi connectivity index (χ4v) is 2.84. The third-order valence-electron chi connectivity index (χ3n) is 3.54. The van der Waals surface area contributed by atoms with Gasteiger partial charge < -0.3 is 14.4 Å². The van der Waals surface area contributed by atoms with Crippen molar-refractivity contribution in [3.63, 3.8) is 0 Å². The van der Waals surface area contributed by atoms with Crippen LogP contribution in [0.25, 0.3) is 0 Å². The smallest absolute Gasteiger partial charge is 0.339 e. The molecule has 0 aromatic heterocycles. The number of likely N-dealkylation sites (N-methyl/N-ethyl adjacent to an activating group) is 1. The molecular weight excluding hydrogens is 365 g/mol. The van der Waals surface area contributed by atoms with Gasteiger partial charge in [0.05, 0.1) is 22.7 Å². The fourth-order valence-electron chi connectivity index (χ4n) is 2.20. The highest BCUT2D eigenvalue weighted by Gasteiger charge is 2.24. The molecule has 2 aromatic rings. The van der Waals surface area contributed by atoms with Crippen molar-refractivity contribution >= 4 is 40.8 Å². The number of rotatable bonds is 5. The lowest BCUT2D eigenvalue weighted by Gasteiger charge is -2.21. The van der Waals surface area contributed by atoms with Gasteiger partial charge in [-0.3, -0.25) is 4.79 Å². The highest BCUT2D eigenvalue weighted by Crippen LogP contribution is 2.34. The molecule has 0 aliphatic heterocycles. The zero-order chi connectivity index (χ0) is 18.6. The predicted molar refractivity (Wildman–Crippen MR) is 97.7 cm³/mol. The second-order valence-corrected chi connectivity index (χ2v) is 6.07. The molecule has 1 amide bonds. The van der Waals surface area contributed by atoms with Gasteiger partial charge in [0.1, 0.15) is 0 Å². The molecule has 7 heteroatoms. The van der Waals surface area contributed by atoms with Crippen LogP contribution in [0.2, 0.25) is 10.0 Å². The molecule has 0 radical (unpaired) electrons. The molecule has 0 spiro atoms. The topological polar surface area (TPSA) is 55.8 Å². The largest absolute Gasteiger partial charge is 0.494 e. The minimum absolute atomic E-state index is 0.137. The number of carbonyl (C=O) groups excluding carboxylic acids is 2. The number of para-hydroxylation sites is 1. The molecule has 132 valence electrons. The summed E-state index contributed by atoms with van der Waals surface area (Å²) in [5.41, 5.74) is 0.837. The molecule has 2 aromatic carbocycles. The number of benzene rings is 2. The van der Waals surface area contributed by atoms with Crippen LogP contribution in [0.15, 0.2) is 42.5 Å². The van der Waals surface area contributed by atoms with Crippen molar-refractivity contribution < 1.29 is 19.1 Å². The van der Waals surface area contributed by atoms with E-state index in [1.165, 1.54) is 31.1 Å².